The van der Waals surface area contributed by atoms with Gasteiger partial charge in [0.2, 0.25) is 11.9 Å². The molecule has 2 amide bonds. The number of amides is 2. The van der Waals surface area contributed by atoms with Crippen molar-refractivity contribution in [2.45, 2.75) is 51.2 Å². The van der Waals surface area contributed by atoms with E-state index in [2.05, 4.69) is 15.4 Å². The van der Waals surface area contributed by atoms with Crippen molar-refractivity contribution in [3.05, 3.63) is 6.33 Å². The normalized spacial score (nSPS) is 21.9. The zero-order chi connectivity index (χ0) is 16.1. The van der Waals surface area contributed by atoms with E-state index in [4.69, 9.17) is 4.74 Å². The molecular formula is C15H23N5O3. The van der Waals surface area contributed by atoms with Crippen LogP contribution in [0.1, 0.15) is 38.5 Å². The van der Waals surface area contributed by atoms with Crippen molar-refractivity contribution >= 4 is 17.8 Å². The second kappa shape index (κ2) is 7.54. The molecule has 2 saturated heterocycles. The summed E-state index contributed by atoms with van der Waals surface area (Å²) in [5, 5.41) is 6.79. The van der Waals surface area contributed by atoms with Gasteiger partial charge in [-0.15, -0.1) is 5.10 Å². The molecule has 0 radical (unpaired) electrons. The summed E-state index contributed by atoms with van der Waals surface area (Å²) in [5.41, 5.74) is 0. The van der Waals surface area contributed by atoms with Gasteiger partial charge in [-0.05, 0) is 25.7 Å². The van der Waals surface area contributed by atoms with Crippen LogP contribution in [-0.4, -0.2) is 57.3 Å². The van der Waals surface area contributed by atoms with Crippen molar-refractivity contribution in [3.63, 3.8) is 0 Å². The first-order valence-corrected chi connectivity index (χ1v) is 8.32. The van der Waals surface area contributed by atoms with Crippen LogP contribution < -0.4 is 5.32 Å². The fourth-order valence-corrected chi connectivity index (χ4v) is 2.96. The number of aromatic nitrogens is 3. The molecule has 2 fully saturated rings. The van der Waals surface area contributed by atoms with Crippen LogP contribution in [0.3, 0.4) is 0 Å². The van der Waals surface area contributed by atoms with Crippen LogP contribution in [-0.2, 0) is 20.9 Å². The van der Waals surface area contributed by atoms with E-state index in [1.807, 2.05) is 4.90 Å². The zero-order valence-electron chi connectivity index (χ0n) is 13.2. The summed E-state index contributed by atoms with van der Waals surface area (Å²) in [7, 11) is 0. The van der Waals surface area contributed by atoms with Gasteiger partial charge in [-0.25, -0.2) is 9.67 Å². The quantitative estimate of drug-likeness (QED) is 0.886. The van der Waals surface area contributed by atoms with Crippen LogP contribution in [0.5, 0.6) is 0 Å². The standard InChI is InChI=1S/C15H23N5O3/c21-13(19-7-3-1-2-4-8-19)10-20-11-16-15(18-20)17-14(22)12-6-5-9-23-12/h11-12H,1-10H2,(H,17,18,22)/t12-/m1/s1. The van der Waals surface area contributed by atoms with E-state index >= 15 is 0 Å². The fourth-order valence-electron chi connectivity index (χ4n) is 2.96. The minimum Gasteiger partial charge on any atom is -0.368 e. The zero-order valence-corrected chi connectivity index (χ0v) is 13.2. The minimum atomic E-state index is -0.416. The first-order valence-electron chi connectivity index (χ1n) is 8.32. The molecule has 1 aromatic heterocycles. The van der Waals surface area contributed by atoms with Gasteiger partial charge in [0.1, 0.15) is 19.0 Å². The molecule has 0 bridgehead atoms. The lowest BCUT2D eigenvalue weighted by molar-refractivity contribution is -0.132. The van der Waals surface area contributed by atoms with E-state index in [9.17, 15) is 9.59 Å². The average Bonchev–Trinajstić information content (AvgIpc) is 3.14. The highest BCUT2D eigenvalue weighted by atomic mass is 16.5. The molecule has 1 N–H and O–H groups in total. The Balaban J connectivity index is 1.52. The van der Waals surface area contributed by atoms with Gasteiger partial charge in [0, 0.05) is 19.7 Å². The van der Waals surface area contributed by atoms with Crippen LogP contribution in [0.15, 0.2) is 6.33 Å². The Hall–Kier alpha value is -1.96. The second-order valence-corrected chi connectivity index (χ2v) is 6.05. The van der Waals surface area contributed by atoms with Crippen LogP contribution in [0.4, 0.5) is 5.95 Å². The monoisotopic (exact) mass is 321 g/mol. The van der Waals surface area contributed by atoms with Gasteiger partial charge in [0.05, 0.1) is 0 Å². The topological polar surface area (TPSA) is 89.4 Å². The number of likely N-dealkylation sites (tertiary alicyclic amines) is 1. The highest BCUT2D eigenvalue weighted by molar-refractivity contribution is 5.92. The summed E-state index contributed by atoms with van der Waals surface area (Å²) in [5.74, 6) is 0.0436. The Morgan fingerprint density at radius 2 is 2.00 bits per heavy atom. The number of rotatable bonds is 4. The molecule has 8 nitrogen and oxygen atoms in total. The molecule has 2 aliphatic rings. The molecule has 0 saturated carbocycles. The Bertz CT molecular complexity index is 545. The van der Waals surface area contributed by atoms with E-state index in [-0.39, 0.29) is 24.3 Å². The number of hydrogen-bond donors (Lipinski definition) is 1. The second-order valence-electron chi connectivity index (χ2n) is 6.05. The fraction of sp³-hybridized carbons (Fsp3) is 0.733. The van der Waals surface area contributed by atoms with E-state index in [0.29, 0.717) is 6.61 Å². The molecular weight excluding hydrogens is 298 g/mol. The minimum absolute atomic E-state index is 0.0498. The Morgan fingerprint density at radius 1 is 1.22 bits per heavy atom. The van der Waals surface area contributed by atoms with E-state index < -0.39 is 6.10 Å². The molecule has 3 rings (SSSR count). The average molecular weight is 321 g/mol. The first kappa shape index (κ1) is 15.9. The van der Waals surface area contributed by atoms with Gasteiger partial charge in [0.15, 0.2) is 0 Å². The molecule has 8 heteroatoms. The molecule has 0 spiro atoms. The highest BCUT2D eigenvalue weighted by Gasteiger charge is 2.24. The van der Waals surface area contributed by atoms with Crippen LogP contribution >= 0.6 is 0 Å². The molecule has 126 valence electrons. The van der Waals surface area contributed by atoms with Gasteiger partial charge in [0.25, 0.3) is 5.91 Å². The Labute approximate surface area is 135 Å². The number of nitrogens with zero attached hydrogens (tertiary/aromatic N) is 4. The SMILES string of the molecule is O=C(Nc1ncn(CC(=O)N2CCCCCC2)n1)[C@H]1CCCO1. The molecule has 1 aromatic rings. The van der Waals surface area contributed by atoms with E-state index in [0.717, 1.165) is 38.8 Å². The van der Waals surface area contributed by atoms with Gasteiger partial charge in [-0.3, -0.25) is 14.9 Å². The number of anilines is 1. The van der Waals surface area contributed by atoms with Gasteiger partial charge in [-0.2, -0.15) is 0 Å². The van der Waals surface area contributed by atoms with Crippen molar-refractivity contribution in [2.24, 2.45) is 0 Å². The number of ether oxygens (including phenoxy) is 1. The third kappa shape index (κ3) is 4.28. The lowest BCUT2D eigenvalue weighted by Crippen LogP contribution is -2.34. The molecule has 23 heavy (non-hydrogen) atoms. The predicted molar refractivity (Wildman–Crippen MR) is 82.7 cm³/mol. The van der Waals surface area contributed by atoms with Gasteiger partial charge in [-0.1, -0.05) is 12.8 Å². The van der Waals surface area contributed by atoms with Crippen molar-refractivity contribution in [2.75, 3.05) is 25.0 Å². The number of carbonyl (C=O) groups is 2. The van der Waals surface area contributed by atoms with Crippen molar-refractivity contribution in [1.82, 2.24) is 19.7 Å². The maximum Gasteiger partial charge on any atom is 0.255 e. The third-order valence-corrected chi connectivity index (χ3v) is 4.25. The summed E-state index contributed by atoms with van der Waals surface area (Å²) in [6, 6.07) is 0. The molecule has 3 heterocycles. The predicted octanol–water partition coefficient (Wildman–Crippen LogP) is 0.798. The third-order valence-electron chi connectivity index (χ3n) is 4.25. The van der Waals surface area contributed by atoms with Crippen molar-refractivity contribution in [1.29, 1.82) is 0 Å². The Kier molecular flexibility index (Phi) is 5.22. The lowest BCUT2D eigenvalue weighted by atomic mass is 10.2. The summed E-state index contributed by atoms with van der Waals surface area (Å²) in [6.45, 7) is 2.40. The van der Waals surface area contributed by atoms with Crippen LogP contribution in [0, 0.1) is 0 Å². The van der Waals surface area contributed by atoms with Crippen molar-refractivity contribution < 1.29 is 14.3 Å². The number of carbonyl (C=O) groups excluding carboxylic acids is 2. The molecule has 2 aliphatic heterocycles. The van der Waals surface area contributed by atoms with Crippen LogP contribution in [0.2, 0.25) is 0 Å². The summed E-state index contributed by atoms with van der Waals surface area (Å²) >= 11 is 0. The summed E-state index contributed by atoms with van der Waals surface area (Å²) in [4.78, 5) is 30.1. The van der Waals surface area contributed by atoms with Crippen LogP contribution in [0.25, 0.3) is 0 Å². The molecule has 0 aliphatic carbocycles. The summed E-state index contributed by atoms with van der Waals surface area (Å²) in [6.07, 6.45) is 7.17. The molecule has 0 aromatic carbocycles. The maximum atomic E-state index is 12.3. The maximum absolute atomic E-state index is 12.3. The van der Waals surface area contributed by atoms with Gasteiger partial charge >= 0.3 is 0 Å². The first-order chi connectivity index (χ1) is 11.2. The summed E-state index contributed by atoms with van der Waals surface area (Å²) < 4.78 is 6.78. The smallest absolute Gasteiger partial charge is 0.255 e. The number of nitrogens with one attached hydrogen (secondary N) is 1. The largest absolute Gasteiger partial charge is 0.368 e. The van der Waals surface area contributed by atoms with Gasteiger partial charge < -0.3 is 9.64 Å². The molecule has 1 atom stereocenters. The van der Waals surface area contributed by atoms with E-state index in [1.165, 1.54) is 23.9 Å². The number of hydrogen-bond acceptors (Lipinski definition) is 5. The van der Waals surface area contributed by atoms with Crippen molar-refractivity contribution in [3.8, 4) is 0 Å². The molecule has 0 unspecified atom stereocenters. The lowest BCUT2D eigenvalue weighted by Gasteiger charge is -2.19. The van der Waals surface area contributed by atoms with E-state index in [1.54, 1.807) is 0 Å². The highest BCUT2D eigenvalue weighted by Crippen LogP contribution is 2.14. The Morgan fingerprint density at radius 3 is 2.70 bits per heavy atom.